The number of para-hydroxylation sites is 1. The van der Waals surface area contributed by atoms with Crippen LogP contribution in [-0.4, -0.2) is 40.0 Å². The molecule has 8 heteroatoms. The molecule has 2 heterocycles. The summed E-state index contributed by atoms with van der Waals surface area (Å²) in [6.07, 6.45) is -3.41. The third-order valence-corrected chi connectivity index (χ3v) is 4.59. The van der Waals surface area contributed by atoms with E-state index in [0.717, 1.165) is 6.20 Å². The lowest BCUT2D eigenvalue weighted by Crippen LogP contribution is -2.46. The maximum atomic E-state index is 13.7. The van der Waals surface area contributed by atoms with Gasteiger partial charge in [0.2, 0.25) is 0 Å². The van der Waals surface area contributed by atoms with Gasteiger partial charge in [-0.2, -0.15) is 13.2 Å². The Morgan fingerprint density at radius 3 is 2.58 bits per heavy atom. The number of amides is 1. The number of carboxylic acids is 1. The Kier molecular flexibility index (Phi) is 4.60. The molecule has 26 heavy (non-hydrogen) atoms. The number of carboxylic acid groups (broad SMARTS) is 1. The number of likely N-dealkylation sites (tertiary alicyclic amines) is 1. The van der Waals surface area contributed by atoms with Gasteiger partial charge in [-0.1, -0.05) is 25.1 Å². The van der Waals surface area contributed by atoms with Crippen molar-refractivity contribution < 1.29 is 27.9 Å². The molecule has 1 aromatic heterocycles. The number of rotatable bonds is 2. The number of aliphatic carboxylic acids is 1. The topological polar surface area (TPSA) is 70.5 Å². The number of carbonyl (C=O) groups is 2. The summed E-state index contributed by atoms with van der Waals surface area (Å²) in [5, 5.41) is 9.07. The van der Waals surface area contributed by atoms with E-state index in [2.05, 4.69) is 4.98 Å². The Balaban J connectivity index is 2.07. The average Bonchev–Trinajstić information content (AvgIpc) is 2.58. The largest absolute Gasteiger partial charge is 0.481 e. The first-order valence-corrected chi connectivity index (χ1v) is 8.15. The van der Waals surface area contributed by atoms with E-state index in [1.807, 2.05) is 0 Å². The van der Waals surface area contributed by atoms with Crippen molar-refractivity contribution in [3.63, 3.8) is 0 Å². The minimum absolute atomic E-state index is 0.109. The lowest BCUT2D eigenvalue weighted by molar-refractivity contribution is -0.144. The van der Waals surface area contributed by atoms with Crippen LogP contribution in [0.25, 0.3) is 10.9 Å². The molecule has 2 aromatic rings. The standard InChI is InChI=1S/C18H17F3N2O3/c1-10-6-11(17(25)26)9-23(8-10)16(24)13-7-22-14-5-3-2-4-12(14)15(13)18(19,20)21/h2-5,7,10-11H,6,8-9H2,1H3,(H,25,26). The molecule has 1 aliphatic rings. The molecule has 3 rings (SSSR count). The van der Waals surface area contributed by atoms with Crippen molar-refractivity contribution in [3.8, 4) is 0 Å². The summed E-state index contributed by atoms with van der Waals surface area (Å²) in [5.41, 5.74) is -1.43. The Morgan fingerprint density at radius 1 is 1.23 bits per heavy atom. The second kappa shape index (κ2) is 6.59. The maximum Gasteiger partial charge on any atom is 0.417 e. The molecule has 2 atom stereocenters. The zero-order valence-electron chi connectivity index (χ0n) is 14.0. The highest BCUT2D eigenvalue weighted by molar-refractivity contribution is 6.00. The van der Waals surface area contributed by atoms with Crippen molar-refractivity contribution in [1.82, 2.24) is 9.88 Å². The van der Waals surface area contributed by atoms with Gasteiger partial charge in [0.1, 0.15) is 0 Å². The first-order valence-electron chi connectivity index (χ1n) is 8.15. The van der Waals surface area contributed by atoms with Crippen molar-refractivity contribution in [3.05, 3.63) is 41.6 Å². The van der Waals surface area contributed by atoms with E-state index >= 15 is 0 Å². The minimum Gasteiger partial charge on any atom is -0.481 e. The zero-order valence-corrected chi connectivity index (χ0v) is 14.0. The number of carbonyl (C=O) groups excluding carboxylic acids is 1. The molecule has 1 fully saturated rings. The Bertz CT molecular complexity index is 866. The Morgan fingerprint density at radius 2 is 1.92 bits per heavy atom. The Labute approximate surface area is 147 Å². The number of nitrogens with zero attached hydrogens (tertiary/aromatic N) is 2. The SMILES string of the molecule is CC1CC(C(=O)O)CN(C(=O)c2cnc3ccccc3c2C(F)(F)F)C1. The van der Waals surface area contributed by atoms with Gasteiger partial charge in [-0.3, -0.25) is 14.6 Å². The first kappa shape index (κ1) is 18.2. The smallest absolute Gasteiger partial charge is 0.417 e. The summed E-state index contributed by atoms with van der Waals surface area (Å²) < 4.78 is 41.1. The molecule has 1 aromatic carbocycles. The molecule has 0 aliphatic carbocycles. The highest BCUT2D eigenvalue weighted by atomic mass is 19.4. The van der Waals surface area contributed by atoms with Gasteiger partial charge in [0.25, 0.3) is 5.91 Å². The molecule has 2 unspecified atom stereocenters. The van der Waals surface area contributed by atoms with Crippen molar-refractivity contribution in [1.29, 1.82) is 0 Å². The van der Waals surface area contributed by atoms with Crippen LogP contribution in [0.4, 0.5) is 13.2 Å². The summed E-state index contributed by atoms with van der Waals surface area (Å²) in [6, 6.07) is 5.75. The van der Waals surface area contributed by atoms with Crippen molar-refractivity contribution >= 4 is 22.8 Å². The van der Waals surface area contributed by atoms with E-state index < -0.39 is 35.1 Å². The molecule has 1 N–H and O–H groups in total. The molecule has 1 aliphatic heterocycles. The van der Waals surface area contributed by atoms with E-state index in [0.29, 0.717) is 6.42 Å². The summed E-state index contributed by atoms with van der Waals surface area (Å²) in [5.74, 6) is -2.79. The van der Waals surface area contributed by atoms with Crippen molar-refractivity contribution in [2.45, 2.75) is 19.5 Å². The predicted octanol–water partition coefficient (Wildman–Crippen LogP) is 3.44. The molecule has 1 amide bonds. The van der Waals surface area contributed by atoms with Gasteiger partial charge >= 0.3 is 12.1 Å². The fourth-order valence-electron chi connectivity index (χ4n) is 3.48. The zero-order chi connectivity index (χ0) is 19.1. The molecular weight excluding hydrogens is 349 g/mol. The summed E-state index contributed by atoms with van der Waals surface area (Å²) in [4.78, 5) is 29.3. The monoisotopic (exact) mass is 366 g/mol. The number of aromatic nitrogens is 1. The lowest BCUT2D eigenvalue weighted by Gasteiger charge is -2.35. The molecular formula is C18H17F3N2O3. The van der Waals surface area contributed by atoms with Gasteiger partial charge in [0, 0.05) is 24.7 Å². The first-order chi connectivity index (χ1) is 12.2. The number of halogens is 3. The van der Waals surface area contributed by atoms with E-state index in [4.69, 9.17) is 0 Å². The van der Waals surface area contributed by atoms with E-state index in [-0.39, 0.29) is 29.9 Å². The summed E-state index contributed by atoms with van der Waals surface area (Å²) >= 11 is 0. The maximum absolute atomic E-state index is 13.7. The van der Waals surface area contributed by atoms with Gasteiger partial charge in [-0.05, 0) is 18.4 Å². The molecule has 138 valence electrons. The molecule has 0 bridgehead atoms. The summed E-state index contributed by atoms with van der Waals surface area (Å²) in [7, 11) is 0. The number of hydrogen-bond donors (Lipinski definition) is 1. The third-order valence-electron chi connectivity index (χ3n) is 4.59. The lowest BCUT2D eigenvalue weighted by atomic mass is 9.90. The van der Waals surface area contributed by atoms with Crippen LogP contribution in [0.3, 0.4) is 0 Å². The number of fused-ring (bicyclic) bond motifs is 1. The van der Waals surface area contributed by atoms with E-state index in [1.54, 1.807) is 13.0 Å². The molecule has 1 saturated heterocycles. The minimum atomic E-state index is -4.73. The number of alkyl halides is 3. The van der Waals surface area contributed by atoms with Crippen LogP contribution in [0.2, 0.25) is 0 Å². The molecule has 0 saturated carbocycles. The number of benzene rings is 1. The van der Waals surface area contributed by atoms with Crippen LogP contribution in [0.1, 0.15) is 29.3 Å². The van der Waals surface area contributed by atoms with Crippen LogP contribution >= 0.6 is 0 Å². The number of pyridine rings is 1. The van der Waals surface area contributed by atoms with Crippen LogP contribution in [0.5, 0.6) is 0 Å². The molecule has 0 radical (unpaired) electrons. The fourth-order valence-corrected chi connectivity index (χ4v) is 3.48. The number of piperidine rings is 1. The van der Waals surface area contributed by atoms with Crippen molar-refractivity contribution in [2.75, 3.05) is 13.1 Å². The molecule has 0 spiro atoms. The van der Waals surface area contributed by atoms with Crippen LogP contribution in [0, 0.1) is 11.8 Å². The van der Waals surface area contributed by atoms with Crippen LogP contribution < -0.4 is 0 Å². The highest BCUT2D eigenvalue weighted by Gasteiger charge is 2.40. The van der Waals surface area contributed by atoms with E-state index in [9.17, 15) is 27.9 Å². The second-order valence-electron chi connectivity index (χ2n) is 6.65. The average molecular weight is 366 g/mol. The van der Waals surface area contributed by atoms with Crippen LogP contribution in [-0.2, 0) is 11.0 Å². The van der Waals surface area contributed by atoms with Gasteiger partial charge in [0.15, 0.2) is 0 Å². The third kappa shape index (κ3) is 3.36. The summed E-state index contributed by atoms with van der Waals surface area (Å²) in [6.45, 7) is 1.88. The van der Waals surface area contributed by atoms with Gasteiger partial charge in [-0.25, -0.2) is 0 Å². The quantitative estimate of drug-likeness (QED) is 0.884. The van der Waals surface area contributed by atoms with Gasteiger partial charge in [0.05, 0.1) is 22.6 Å². The van der Waals surface area contributed by atoms with E-state index in [1.165, 1.54) is 23.1 Å². The van der Waals surface area contributed by atoms with Gasteiger partial charge in [-0.15, -0.1) is 0 Å². The highest BCUT2D eigenvalue weighted by Crippen LogP contribution is 2.37. The second-order valence-corrected chi connectivity index (χ2v) is 6.65. The Hall–Kier alpha value is -2.64. The normalized spacial score (nSPS) is 21.0. The van der Waals surface area contributed by atoms with Crippen molar-refractivity contribution in [2.24, 2.45) is 11.8 Å². The molecule has 5 nitrogen and oxygen atoms in total. The fraction of sp³-hybridized carbons (Fsp3) is 0.389. The number of hydrogen-bond acceptors (Lipinski definition) is 3. The van der Waals surface area contributed by atoms with Gasteiger partial charge < -0.3 is 10.0 Å². The predicted molar refractivity (Wildman–Crippen MR) is 87.6 cm³/mol. The van der Waals surface area contributed by atoms with Crippen LogP contribution in [0.15, 0.2) is 30.5 Å².